The van der Waals surface area contributed by atoms with Crippen LogP contribution in [-0.2, 0) is 5.41 Å². The van der Waals surface area contributed by atoms with Crippen LogP contribution >= 0.6 is 0 Å². The van der Waals surface area contributed by atoms with Gasteiger partial charge in [0.1, 0.15) is 0 Å². The van der Waals surface area contributed by atoms with Crippen LogP contribution in [0, 0.1) is 0 Å². The van der Waals surface area contributed by atoms with Gasteiger partial charge in [-0.05, 0) is 205 Å². The van der Waals surface area contributed by atoms with E-state index in [1.807, 2.05) is 0 Å². The molecule has 0 radical (unpaired) electrons. The van der Waals surface area contributed by atoms with Gasteiger partial charge in [0, 0.05) is 34.7 Å². The zero-order valence-corrected chi connectivity index (χ0v) is 49.0. The molecule has 418 valence electrons. The number of fused-ring (bicyclic) bond motifs is 10. The van der Waals surface area contributed by atoms with Crippen LogP contribution in [0.25, 0.3) is 61.2 Å². The third kappa shape index (κ3) is 9.43. The Morgan fingerprint density at radius 2 is 0.908 bits per heavy atom. The Bertz CT molecular complexity index is 4410. The van der Waals surface area contributed by atoms with E-state index >= 15 is 0 Å². The summed E-state index contributed by atoms with van der Waals surface area (Å²) in [5, 5.41) is 0. The Kier molecular flexibility index (Phi) is 13.5. The SMILES string of the molecule is C1=CCCC(c2ccc(N(c3ccc(-c4ccccc4)cc3)c3ccc(-c4ccc5c(c4)C4(c6ccccc6-c6ccccc64)c4cc(C6=CCC(N(C7=CCC(c8ccccc8)C=C7)C7CC=C(c8ccccc8)CC7)C=C6)ccc4-5)cc3)cc2)=C1. The minimum Gasteiger partial charge on any atom is -0.362 e. The number of allylic oxidation sites excluding steroid dienone is 10. The van der Waals surface area contributed by atoms with Gasteiger partial charge in [0.2, 0.25) is 0 Å². The smallest absolute Gasteiger partial charge is 0.0725 e. The first-order chi connectivity index (χ1) is 43.1. The van der Waals surface area contributed by atoms with Crippen molar-refractivity contribution in [3.63, 3.8) is 0 Å². The average Bonchev–Trinajstić information content (AvgIpc) is 1.53. The lowest BCUT2D eigenvalue weighted by molar-refractivity contribution is 0.205. The number of hydrogen-bond acceptors (Lipinski definition) is 2. The molecule has 0 saturated heterocycles. The number of hydrogen-bond donors (Lipinski definition) is 0. The summed E-state index contributed by atoms with van der Waals surface area (Å²) in [5.74, 6) is 0.399. The van der Waals surface area contributed by atoms with Crippen LogP contribution in [0.15, 0.2) is 315 Å². The van der Waals surface area contributed by atoms with Crippen molar-refractivity contribution in [2.24, 2.45) is 0 Å². The van der Waals surface area contributed by atoms with Gasteiger partial charge in [0.25, 0.3) is 0 Å². The van der Waals surface area contributed by atoms with E-state index in [1.54, 1.807) is 0 Å². The third-order valence-corrected chi connectivity index (χ3v) is 19.6. The van der Waals surface area contributed by atoms with Crippen molar-refractivity contribution >= 4 is 33.8 Å². The second kappa shape index (κ2) is 22.4. The molecule has 0 N–H and O–H groups in total. The van der Waals surface area contributed by atoms with Gasteiger partial charge < -0.3 is 9.80 Å². The van der Waals surface area contributed by atoms with Crippen molar-refractivity contribution in [1.82, 2.24) is 4.90 Å². The summed E-state index contributed by atoms with van der Waals surface area (Å²) in [7, 11) is 0. The molecule has 0 fully saturated rings. The molecule has 2 nitrogen and oxygen atoms in total. The number of rotatable bonds is 12. The molecule has 0 aromatic heterocycles. The van der Waals surface area contributed by atoms with Crippen molar-refractivity contribution < 1.29 is 0 Å². The molecular weight excluding hydrogens is 1050 g/mol. The number of nitrogens with zero attached hydrogens (tertiary/aromatic N) is 2. The van der Waals surface area contributed by atoms with Crippen LogP contribution in [0.4, 0.5) is 17.1 Å². The van der Waals surface area contributed by atoms with E-state index in [0.717, 1.165) is 62.0 Å². The van der Waals surface area contributed by atoms with Gasteiger partial charge in [0.15, 0.2) is 0 Å². The predicted octanol–water partition coefficient (Wildman–Crippen LogP) is 21.8. The molecule has 3 unspecified atom stereocenters. The molecule has 0 amide bonds. The number of anilines is 3. The van der Waals surface area contributed by atoms with Crippen molar-refractivity contribution in [1.29, 1.82) is 0 Å². The second-order valence-electron chi connectivity index (χ2n) is 24.4. The highest BCUT2D eigenvalue weighted by atomic mass is 15.2. The Hall–Kier alpha value is -10.0. The van der Waals surface area contributed by atoms with Gasteiger partial charge >= 0.3 is 0 Å². The largest absolute Gasteiger partial charge is 0.362 e. The first-order valence-electron chi connectivity index (χ1n) is 31.5. The second-order valence-corrected chi connectivity index (χ2v) is 24.4. The Balaban J connectivity index is 0.736. The summed E-state index contributed by atoms with van der Waals surface area (Å²) in [6.45, 7) is 0. The lowest BCUT2D eigenvalue weighted by Gasteiger charge is -2.42. The molecule has 10 aromatic carbocycles. The highest BCUT2D eigenvalue weighted by Crippen LogP contribution is 2.63. The molecule has 6 aliphatic carbocycles. The van der Waals surface area contributed by atoms with Crippen molar-refractivity contribution in [2.45, 2.75) is 68.4 Å². The van der Waals surface area contributed by atoms with Gasteiger partial charge in [-0.1, -0.05) is 255 Å². The van der Waals surface area contributed by atoms with Gasteiger partial charge in [-0.25, -0.2) is 0 Å². The fourth-order valence-electron chi connectivity index (χ4n) is 15.3. The highest BCUT2D eigenvalue weighted by molar-refractivity contribution is 5.97. The van der Waals surface area contributed by atoms with Crippen molar-refractivity contribution in [3.8, 4) is 44.5 Å². The third-order valence-electron chi connectivity index (χ3n) is 19.6. The summed E-state index contributed by atoms with van der Waals surface area (Å²) in [6.07, 6.45) is 31.5. The molecule has 6 aliphatic rings. The molecule has 0 aliphatic heterocycles. The lowest BCUT2D eigenvalue weighted by Crippen LogP contribution is -2.42. The molecule has 1 spiro atoms. The highest BCUT2D eigenvalue weighted by Gasteiger charge is 2.52. The fraction of sp³-hybridized carbons (Fsp3) is 0.129. The van der Waals surface area contributed by atoms with Crippen LogP contribution in [0.2, 0.25) is 0 Å². The fourth-order valence-corrected chi connectivity index (χ4v) is 15.3. The lowest BCUT2D eigenvalue weighted by atomic mass is 9.70. The van der Waals surface area contributed by atoms with Gasteiger partial charge in [-0.3, -0.25) is 0 Å². The zero-order chi connectivity index (χ0) is 57.7. The van der Waals surface area contributed by atoms with Gasteiger partial charge in [-0.15, -0.1) is 0 Å². The molecule has 3 atom stereocenters. The Morgan fingerprint density at radius 1 is 0.379 bits per heavy atom. The maximum Gasteiger partial charge on any atom is 0.0725 e. The first kappa shape index (κ1) is 52.5. The normalized spacial score (nSPS) is 18.4. The molecule has 16 rings (SSSR count). The maximum absolute atomic E-state index is 2.78. The van der Waals surface area contributed by atoms with Gasteiger partial charge in [-0.2, -0.15) is 0 Å². The monoisotopic (exact) mass is 1120 g/mol. The Labute approximate surface area is 513 Å². The van der Waals surface area contributed by atoms with Crippen LogP contribution in [-0.4, -0.2) is 17.0 Å². The first-order valence-corrected chi connectivity index (χ1v) is 31.5. The van der Waals surface area contributed by atoms with Crippen molar-refractivity contribution in [3.05, 3.63) is 360 Å². The van der Waals surface area contributed by atoms with Crippen LogP contribution in [0.1, 0.15) is 95.4 Å². The van der Waals surface area contributed by atoms with E-state index in [0.29, 0.717) is 12.0 Å². The van der Waals surface area contributed by atoms with Crippen LogP contribution in [0.3, 0.4) is 0 Å². The molecule has 0 saturated carbocycles. The molecule has 0 heterocycles. The summed E-state index contributed by atoms with van der Waals surface area (Å²) in [4.78, 5) is 5.17. The van der Waals surface area contributed by atoms with Crippen LogP contribution < -0.4 is 4.90 Å². The zero-order valence-electron chi connectivity index (χ0n) is 49.0. The van der Waals surface area contributed by atoms with E-state index in [1.165, 1.54) is 111 Å². The van der Waals surface area contributed by atoms with Gasteiger partial charge in [0.05, 0.1) is 11.5 Å². The molecule has 0 bridgehead atoms. The van der Waals surface area contributed by atoms with Crippen molar-refractivity contribution in [2.75, 3.05) is 4.90 Å². The summed E-state index contributed by atoms with van der Waals surface area (Å²) < 4.78 is 0. The van der Waals surface area contributed by atoms with E-state index < -0.39 is 5.41 Å². The van der Waals surface area contributed by atoms with E-state index in [4.69, 9.17) is 0 Å². The quantitative estimate of drug-likeness (QED) is 0.120. The maximum atomic E-state index is 2.78. The average molecular weight is 1120 g/mol. The molecule has 10 aromatic rings. The predicted molar refractivity (Wildman–Crippen MR) is 365 cm³/mol. The van der Waals surface area contributed by atoms with E-state index in [9.17, 15) is 0 Å². The van der Waals surface area contributed by atoms with E-state index in [-0.39, 0.29) is 6.04 Å². The standard InChI is InChI=1S/C85H68N2/c1-5-17-59(18-6-1)63-29-43-71(44-30-63)86(72-45-31-64(32-46-72)60-19-7-2-8-20-60)75-51-37-67(38-52-75)69-41-55-79-80-56-42-70(58-84(80)85(83(79)57-69)81-27-15-13-25-77(81)78-26-14-16-28-82(78)85)68-39-53-76(54-40-68)87(73-47-33-65(34-48-73)61-21-9-3-10-22-61)74-49-35-66(36-50-74)62-23-11-4-12-24-62/h1-11,13-23,25-29,31,33-44,47-51,53-58,63,72,75H,12,24,30,32,45-46,52H2. The summed E-state index contributed by atoms with van der Waals surface area (Å²) >= 11 is 0. The van der Waals surface area contributed by atoms with E-state index in [2.05, 4.69) is 319 Å². The molecule has 87 heavy (non-hydrogen) atoms. The topological polar surface area (TPSA) is 6.48 Å². The minimum absolute atomic E-state index is 0.254. The Morgan fingerprint density at radius 3 is 1.48 bits per heavy atom. The molecular formula is C85H68N2. The van der Waals surface area contributed by atoms with Crippen LogP contribution in [0.5, 0.6) is 0 Å². The summed E-state index contributed by atoms with van der Waals surface area (Å²) in [6, 6.07) is 93.8. The summed E-state index contributed by atoms with van der Waals surface area (Å²) in [5.41, 5.74) is 29.2. The molecule has 2 heteroatoms. The minimum atomic E-state index is -0.495. The number of benzene rings is 10.